The van der Waals surface area contributed by atoms with Gasteiger partial charge < -0.3 is 27.4 Å². The van der Waals surface area contributed by atoms with Gasteiger partial charge in [-0.2, -0.15) is 0 Å². The smallest absolute Gasteiger partial charge is 0.220 e. The summed E-state index contributed by atoms with van der Waals surface area (Å²) < 4.78 is 0. The fraction of sp³-hybridized carbons (Fsp3) is 0.889. The molecule has 0 aliphatic carbocycles. The summed E-state index contributed by atoms with van der Waals surface area (Å²) in [5.74, 6) is 0.218. The standard InChI is InChI=1S/C18H39N5O2/c19-11-7-3-1-5-9-17(24)22-15-13-21-14-16-23-18(25)10-6-2-4-8-12-20/h21H,1-16,19-20H2,(H,22,24)(H,23,25). The third-order valence-electron chi connectivity index (χ3n) is 3.96. The van der Waals surface area contributed by atoms with Gasteiger partial charge in [-0.15, -0.1) is 0 Å². The minimum absolute atomic E-state index is 0.109. The van der Waals surface area contributed by atoms with Crippen LogP contribution in [-0.4, -0.2) is 51.1 Å². The molecule has 0 heterocycles. The Morgan fingerprint density at radius 3 is 1.36 bits per heavy atom. The van der Waals surface area contributed by atoms with Crippen LogP contribution in [0, 0.1) is 0 Å². The zero-order valence-corrected chi connectivity index (χ0v) is 15.8. The van der Waals surface area contributed by atoms with Gasteiger partial charge in [0.1, 0.15) is 0 Å². The molecule has 7 nitrogen and oxygen atoms in total. The second-order valence-corrected chi connectivity index (χ2v) is 6.36. The van der Waals surface area contributed by atoms with Crippen LogP contribution >= 0.6 is 0 Å². The fourth-order valence-electron chi connectivity index (χ4n) is 2.45. The van der Waals surface area contributed by atoms with Crippen LogP contribution in [0.2, 0.25) is 0 Å². The van der Waals surface area contributed by atoms with E-state index in [0.717, 1.165) is 64.5 Å². The van der Waals surface area contributed by atoms with Gasteiger partial charge in [-0.1, -0.05) is 25.7 Å². The second kappa shape index (κ2) is 19.1. The highest BCUT2D eigenvalue weighted by molar-refractivity contribution is 5.76. The van der Waals surface area contributed by atoms with Gasteiger partial charge in [0, 0.05) is 39.0 Å². The number of carbonyl (C=O) groups excluding carboxylic acids is 2. The van der Waals surface area contributed by atoms with Crippen LogP contribution in [0.1, 0.15) is 64.2 Å². The molecule has 0 saturated heterocycles. The topological polar surface area (TPSA) is 122 Å². The SMILES string of the molecule is NCCCCCCC(=O)NCCNCCNC(=O)CCCCCCN. The maximum atomic E-state index is 11.6. The molecule has 0 fully saturated rings. The Bertz CT molecular complexity index is 297. The summed E-state index contributed by atoms with van der Waals surface area (Å²) in [4.78, 5) is 23.2. The van der Waals surface area contributed by atoms with Crippen LogP contribution in [0.15, 0.2) is 0 Å². The lowest BCUT2D eigenvalue weighted by molar-refractivity contribution is -0.121. The van der Waals surface area contributed by atoms with Crippen molar-refractivity contribution in [3.8, 4) is 0 Å². The fourth-order valence-corrected chi connectivity index (χ4v) is 2.45. The van der Waals surface area contributed by atoms with Crippen LogP contribution in [-0.2, 0) is 9.59 Å². The lowest BCUT2D eigenvalue weighted by Crippen LogP contribution is -2.36. The first-order valence-electron chi connectivity index (χ1n) is 9.85. The molecule has 0 aromatic rings. The van der Waals surface area contributed by atoms with Crippen LogP contribution in [0.3, 0.4) is 0 Å². The molecule has 7 N–H and O–H groups in total. The van der Waals surface area contributed by atoms with Crippen molar-refractivity contribution in [2.45, 2.75) is 64.2 Å². The first-order chi connectivity index (χ1) is 12.2. The van der Waals surface area contributed by atoms with Crippen LogP contribution in [0.4, 0.5) is 0 Å². The molecule has 0 aromatic heterocycles. The number of hydrogen-bond acceptors (Lipinski definition) is 5. The quantitative estimate of drug-likeness (QED) is 0.230. The molecule has 0 aliphatic rings. The molecule has 0 spiro atoms. The van der Waals surface area contributed by atoms with Gasteiger partial charge >= 0.3 is 0 Å². The maximum absolute atomic E-state index is 11.6. The molecule has 0 radical (unpaired) electrons. The van der Waals surface area contributed by atoms with Crippen molar-refractivity contribution in [2.75, 3.05) is 39.3 Å². The largest absolute Gasteiger partial charge is 0.355 e. The molecule has 7 heteroatoms. The maximum Gasteiger partial charge on any atom is 0.220 e. The van der Waals surface area contributed by atoms with Crippen LogP contribution in [0.5, 0.6) is 0 Å². The number of carbonyl (C=O) groups is 2. The minimum atomic E-state index is 0.109. The third-order valence-corrected chi connectivity index (χ3v) is 3.96. The van der Waals surface area contributed by atoms with E-state index in [1.54, 1.807) is 0 Å². The van der Waals surface area contributed by atoms with E-state index in [-0.39, 0.29) is 11.8 Å². The molecule has 0 aromatic carbocycles. The van der Waals surface area contributed by atoms with Crippen molar-refractivity contribution >= 4 is 11.8 Å². The van der Waals surface area contributed by atoms with E-state index in [2.05, 4.69) is 16.0 Å². The lowest BCUT2D eigenvalue weighted by Gasteiger charge is -2.08. The first-order valence-corrected chi connectivity index (χ1v) is 9.85. The lowest BCUT2D eigenvalue weighted by atomic mass is 10.1. The molecule has 0 atom stereocenters. The van der Waals surface area contributed by atoms with E-state index in [9.17, 15) is 9.59 Å². The van der Waals surface area contributed by atoms with E-state index in [0.29, 0.717) is 39.0 Å². The molecule has 0 aliphatic heterocycles. The molecule has 0 rings (SSSR count). The van der Waals surface area contributed by atoms with Gasteiger partial charge in [-0.3, -0.25) is 9.59 Å². The van der Waals surface area contributed by atoms with Crippen molar-refractivity contribution < 1.29 is 9.59 Å². The summed E-state index contributed by atoms with van der Waals surface area (Å²) in [7, 11) is 0. The Morgan fingerprint density at radius 1 is 0.560 bits per heavy atom. The Kier molecular flexibility index (Phi) is 18.2. The third kappa shape index (κ3) is 19.0. The summed E-state index contributed by atoms with van der Waals surface area (Å²) in [5, 5.41) is 9.00. The van der Waals surface area contributed by atoms with E-state index in [1.807, 2.05) is 0 Å². The Balaban J connectivity index is 3.26. The van der Waals surface area contributed by atoms with Crippen LogP contribution < -0.4 is 27.4 Å². The van der Waals surface area contributed by atoms with E-state index >= 15 is 0 Å². The van der Waals surface area contributed by atoms with Gasteiger partial charge in [-0.25, -0.2) is 0 Å². The average Bonchev–Trinajstić information content (AvgIpc) is 2.60. The number of amides is 2. The van der Waals surface area contributed by atoms with Gasteiger partial charge in [0.15, 0.2) is 0 Å². The summed E-state index contributed by atoms with van der Waals surface area (Å²) in [5.41, 5.74) is 10.9. The van der Waals surface area contributed by atoms with Gasteiger partial charge in [-0.05, 0) is 38.8 Å². The molecule has 25 heavy (non-hydrogen) atoms. The highest BCUT2D eigenvalue weighted by Crippen LogP contribution is 2.02. The van der Waals surface area contributed by atoms with Gasteiger partial charge in [0.2, 0.25) is 11.8 Å². The van der Waals surface area contributed by atoms with E-state index in [4.69, 9.17) is 11.5 Å². The zero-order valence-electron chi connectivity index (χ0n) is 15.8. The molecular weight excluding hydrogens is 318 g/mol. The molecule has 0 saturated carbocycles. The highest BCUT2D eigenvalue weighted by atomic mass is 16.2. The van der Waals surface area contributed by atoms with Gasteiger partial charge in [0.05, 0.1) is 0 Å². The van der Waals surface area contributed by atoms with Gasteiger partial charge in [0.25, 0.3) is 0 Å². The predicted octanol–water partition coefficient (Wildman–Crippen LogP) is 0.627. The highest BCUT2D eigenvalue weighted by Gasteiger charge is 2.01. The van der Waals surface area contributed by atoms with Crippen molar-refractivity contribution in [1.29, 1.82) is 0 Å². The van der Waals surface area contributed by atoms with E-state index in [1.165, 1.54) is 0 Å². The average molecular weight is 358 g/mol. The van der Waals surface area contributed by atoms with Crippen molar-refractivity contribution in [2.24, 2.45) is 11.5 Å². The number of nitrogens with one attached hydrogen (secondary N) is 3. The summed E-state index contributed by atoms with van der Waals surface area (Å²) >= 11 is 0. The first kappa shape index (κ1) is 23.8. The molecule has 0 bridgehead atoms. The molecule has 2 amide bonds. The van der Waals surface area contributed by atoms with Crippen LogP contribution in [0.25, 0.3) is 0 Å². The van der Waals surface area contributed by atoms with Crippen molar-refractivity contribution in [3.05, 3.63) is 0 Å². The summed E-state index contributed by atoms with van der Waals surface area (Å²) in [6.45, 7) is 4.13. The zero-order chi connectivity index (χ0) is 18.6. The summed E-state index contributed by atoms with van der Waals surface area (Å²) in [6.07, 6.45) is 9.44. The Hall–Kier alpha value is -1.18. The number of nitrogens with two attached hydrogens (primary N) is 2. The molecule has 148 valence electrons. The Morgan fingerprint density at radius 2 is 0.960 bits per heavy atom. The van der Waals surface area contributed by atoms with Crippen molar-refractivity contribution in [1.82, 2.24) is 16.0 Å². The number of hydrogen-bond donors (Lipinski definition) is 5. The predicted molar refractivity (Wildman–Crippen MR) is 103 cm³/mol. The molecular formula is C18H39N5O2. The second-order valence-electron chi connectivity index (χ2n) is 6.36. The van der Waals surface area contributed by atoms with E-state index < -0.39 is 0 Å². The molecule has 0 unspecified atom stereocenters. The Labute approximate surface area is 153 Å². The normalized spacial score (nSPS) is 10.6. The minimum Gasteiger partial charge on any atom is -0.355 e. The van der Waals surface area contributed by atoms with Crippen molar-refractivity contribution in [3.63, 3.8) is 0 Å². The monoisotopic (exact) mass is 357 g/mol. The number of rotatable bonds is 18. The number of unbranched alkanes of at least 4 members (excludes halogenated alkanes) is 6. The summed E-state index contributed by atoms with van der Waals surface area (Å²) in [6, 6.07) is 0.